The summed E-state index contributed by atoms with van der Waals surface area (Å²) in [5, 5.41) is 4.57. The molecule has 9 aromatic carbocycles. The van der Waals surface area contributed by atoms with Crippen LogP contribution in [0.15, 0.2) is 211 Å². The van der Waals surface area contributed by atoms with Crippen molar-refractivity contribution in [3.8, 4) is 22.3 Å². The highest BCUT2D eigenvalue weighted by Crippen LogP contribution is 2.51. The van der Waals surface area contributed by atoms with Crippen molar-refractivity contribution in [2.24, 2.45) is 0 Å². The van der Waals surface area contributed by atoms with E-state index in [-0.39, 0.29) is 5.41 Å². The fourth-order valence-electron chi connectivity index (χ4n) is 9.27. The van der Waals surface area contributed by atoms with Crippen LogP contribution in [0.25, 0.3) is 55.0 Å². The van der Waals surface area contributed by atoms with E-state index < -0.39 is 0 Å². The molecular weight excluding hydrogens is 705 g/mol. The van der Waals surface area contributed by atoms with Crippen molar-refractivity contribution >= 4 is 66.8 Å². The van der Waals surface area contributed by atoms with Gasteiger partial charge in [-0.2, -0.15) is 0 Å². The zero-order valence-electron chi connectivity index (χ0n) is 32.4. The fraction of sp³-hybridized carbons (Fsp3) is 0.0545. The van der Waals surface area contributed by atoms with Crippen LogP contribution in [0.3, 0.4) is 0 Å². The molecule has 1 aliphatic carbocycles. The molecule has 0 N–H and O–H groups in total. The van der Waals surface area contributed by atoms with E-state index in [4.69, 9.17) is 4.42 Å². The third-order valence-corrected chi connectivity index (χ3v) is 12.1. The van der Waals surface area contributed by atoms with Gasteiger partial charge in [0.15, 0.2) is 5.58 Å². The lowest BCUT2D eigenvalue weighted by molar-refractivity contribution is 0.660. The maximum atomic E-state index is 6.61. The molecule has 276 valence electrons. The SMILES string of the molecule is CC1(C)c2ccccc2-c2ccc(N(c3ccccc3)c3ccc(-c4ccc(N(c5ccccc5)c5cccc6c5oc5ccccc56)c5ccccc45)cc3)cc21. The van der Waals surface area contributed by atoms with Crippen molar-refractivity contribution < 1.29 is 4.42 Å². The van der Waals surface area contributed by atoms with Crippen LogP contribution in [0.1, 0.15) is 25.0 Å². The van der Waals surface area contributed by atoms with E-state index >= 15 is 0 Å². The Balaban J connectivity index is 1.02. The van der Waals surface area contributed by atoms with Crippen LogP contribution >= 0.6 is 0 Å². The summed E-state index contributed by atoms with van der Waals surface area (Å²) >= 11 is 0. The van der Waals surface area contributed by atoms with E-state index in [1.165, 1.54) is 33.2 Å². The number of fused-ring (bicyclic) bond motifs is 7. The molecule has 0 atom stereocenters. The smallest absolute Gasteiger partial charge is 0.159 e. The van der Waals surface area contributed by atoms with Crippen molar-refractivity contribution in [2.75, 3.05) is 9.80 Å². The third kappa shape index (κ3) is 5.35. The Bertz CT molecular complexity index is 3140. The summed E-state index contributed by atoms with van der Waals surface area (Å²) in [6.45, 7) is 4.69. The summed E-state index contributed by atoms with van der Waals surface area (Å²) in [5.41, 5.74) is 16.0. The first-order valence-electron chi connectivity index (χ1n) is 20.0. The molecule has 0 saturated heterocycles. The number of hydrogen-bond acceptors (Lipinski definition) is 3. The lowest BCUT2D eigenvalue weighted by Crippen LogP contribution is -2.16. The van der Waals surface area contributed by atoms with Gasteiger partial charge in [-0.05, 0) is 105 Å². The van der Waals surface area contributed by atoms with Crippen LogP contribution in [0, 0.1) is 0 Å². The highest BCUT2D eigenvalue weighted by Gasteiger charge is 2.35. The van der Waals surface area contributed by atoms with Crippen LogP contribution in [-0.4, -0.2) is 0 Å². The summed E-state index contributed by atoms with van der Waals surface area (Å²) in [5.74, 6) is 0. The highest BCUT2D eigenvalue weighted by atomic mass is 16.3. The second-order valence-corrected chi connectivity index (χ2v) is 15.7. The number of nitrogens with zero attached hydrogens (tertiary/aromatic N) is 2. The van der Waals surface area contributed by atoms with Crippen LogP contribution in [-0.2, 0) is 5.41 Å². The van der Waals surface area contributed by atoms with Crippen molar-refractivity contribution in [3.05, 3.63) is 217 Å². The molecule has 0 spiro atoms. The van der Waals surface area contributed by atoms with E-state index in [2.05, 4.69) is 218 Å². The zero-order chi connectivity index (χ0) is 38.8. The molecule has 10 aromatic rings. The van der Waals surface area contributed by atoms with Crippen LogP contribution < -0.4 is 9.80 Å². The summed E-state index contributed by atoms with van der Waals surface area (Å²) in [6.07, 6.45) is 0. The number of anilines is 6. The van der Waals surface area contributed by atoms with Crippen molar-refractivity contribution in [1.82, 2.24) is 0 Å². The van der Waals surface area contributed by atoms with Crippen molar-refractivity contribution in [3.63, 3.8) is 0 Å². The largest absolute Gasteiger partial charge is 0.454 e. The second kappa shape index (κ2) is 13.4. The number of hydrogen-bond donors (Lipinski definition) is 0. The molecule has 3 heteroatoms. The average Bonchev–Trinajstić information content (AvgIpc) is 3.77. The van der Waals surface area contributed by atoms with Gasteiger partial charge in [0.2, 0.25) is 0 Å². The van der Waals surface area contributed by atoms with Gasteiger partial charge in [0, 0.05) is 44.3 Å². The van der Waals surface area contributed by atoms with Gasteiger partial charge in [0.25, 0.3) is 0 Å². The zero-order valence-corrected chi connectivity index (χ0v) is 32.4. The predicted octanol–water partition coefficient (Wildman–Crippen LogP) is 15.7. The van der Waals surface area contributed by atoms with Crippen molar-refractivity contribution in [1.29, 1.82) is 0 Å². The molecule has 3 nitrogen and oxygen atoms in total. The van der Waals surface area contributed by atoms with Gasteiger partial charge in [-0.25, -0.2) is 0 Å². The molecule has 1 heterocycles. The van der Waals surface area contributed by atoms with E-state index in [0.717, 1.165) is 67.0 Å². The van der Waals surface area contributed by atoms with Gasteiger partial charge in [-0.15, -0.1) is 0 Å². The molecule has 0 unspecified atom stereocenters. The first-order chi connectivity index (χ1) is 28.5. The lowest BCUT2D eigenvalue weighted by atomic mass is 9.82. The summed E-state index contributed by atoms with van der Waals surface area (Å²) in [4.78, 5) is 4.72. The second-order valence-electron chi connectivity index (χ2n) is 15.7. The molecular formula is C55H40N2O. The van der Waals surface area contributed by atoms with Gasteiger partial charge >= 0.3 is 0 Å². The molecule has 0 radical (unpaired) electrons. The van der Waals surface area contributed by atoms with E-state index in [9.17, 15) is 0 Å². The van der Waals surface area contributed by atoms with Gasteiger partial charge in [-0.1, -0.05) is 153 Å². The van der Waals surface area contributed by atoms with Crippen LogP contribution in [0.4, 0.5) is 34.1 Å². The standard InChI is InChI=1S/C55H40N2O/c1-55(2)49-25-13-11-21-44(49)45-33-32-41(36-50(45)55)56(38-16-5-3-6-17-38)40-30-28-37(29-31-40)42-34-35-51(46-22-10-9-20-43(42)46)57(39-18-7-4-8-19-39)52-26-15-24-48-47-23-12-14-27-53(47)58-54(48)52/h3-36H,1-2H3. The van der Waals surface area contributed by atoms with Gasteiger partial charge in [0.05, 0.1) is 11.4 Å². The molecule has 0 fully saturated rings. The minimum Gasteiger partial charge on any atom is -0.454 e. The molecule has 0 saturated carbocycles. The molecule has 0 amide bonds. The topological polar surface area (TPSA) is 19.6 Å². The summed E-state index contributed by atoms with van der Waals surface area (Å²) in [7, 11) is 0. The Morgan fingerprint density at radius 3 is 1.71 bits per heavy atom. The Labute approximate surface area is 338 Å². The predicted molar refractivity (Wildman–Crippen MR) is 244 cm³/mol. The maximum absolute atomic E-state index is 6.61. The van der Waals surface area contributed by atoms with E-state index in [0.29, 0.717) is 0 Å². The molecule has 11 rings (SSSR count). The number of furan rings is 1. The van der Waals surface area contributed by atoms with Gasteiger partial charge < -0.3 is 14.2 Å². The van der Waals surface area contributed by atoms with Gasteiger partial charge in [-0.3, -0.25) is 0 Å². The van der Waals surface area contributed by atoms with E-state index in [1.807, 2.05) is 12.1 Å². The molecule has 0 aliphatic heterocycles. The normalized spacial score (nSPS) is 12.8. The monoisotopic (exact) mass is 744 g/mol. The number of para-hydroxylation sites is 4. The minimum absolute atomic E-state index is 0.0873. The molecule has 1 aromatic heterocycles. The number of benzene rings is 9. The van der Waals surface area contributed by atoms with Gasteiger partial charge in [0.1, 0.15) is 5.58 Å². The molecule has 58 heavy (non-hydrogen) atoms. The third-order valence-electron chi connectivity index (χ3n) is 12.1. The average molecular weight is 745 g/mol. The number of rotatable bonds is 7. The first kappa shape index (κ1) is 33.9. The Morgan fingerprint density at radius 1 is 0.362 bits per heavy atom. The minimum atomic E-state index is -0.0873. The van der Waals surface area contributed by atoms with Crippen LogP contribution in [0.5, 0.6) is 0 Å². The maximum Gasteiger partial charge on any atom is 0.159 e. The highest BCUT2D eigenvalue weighted by molar-refractivity contribution is 6.12. The summed E-state index contributed by atoms with van der Waals surface area (Å²) in [6, 6.07) is 74.2. The Kier molecular flexibility index (Phi) is 7.84. The lowest BCUT2D eigenvalue weighted by Gasteiger charge is -2.28. The molecule has 0 bridgehead atoms. The fourth-order valence-corrected chi connectivity index (χ4v) is 9.27. The Morgan fingerprint density at radius 2 is 0.931 bits per heavy atom. The Hall–Kier alpha value is -7.36. The quantitative estimate of drug-likeness (QED) is 0.162. The first-order valence-corrected chi connectivity index (χ1v) is 20.0. The molecule has 1 aliphatic rings. The summed E-state index contributed by atoms with van der Waals surface area (Å²) < 4.78 is 6.61. The van der Waals surface area contributed by atoms with E-state index in [1.54, 1.807) is 0 Å². The van der Waals surface area contributed by atoms with Crippen molar-refractivity contribution in [2.45, 2.75) is 19.3 Å². The van der Waals surface area contributed by atoms with Crippen LogP contribution in [0.2, 0.25) is 0 Å².